The van der Waals surface area contributed by atoms with Gasteiger partial charge in [0.25, 0.3) is 0 Å². The molecule has 0 aliphatic heterocycles. The van der Waals surface area contributed by atoms with Gasteiger partial charge in [0, 0.05) is 17.9 Å². The molecule has 0 spiro atoms. The fraction of sp³-hybridized carbons (Fsp3) is 0.833. The first-order chi connectivity index (χ1) is 29.3. The molecular weight excluding hydrogens is 912 g/mol. The molecule has 0 saturated heterocycles. The van der Waals surface area contributed by atoms with Crippen LogP contribution in [0.1, 0.15) is 290 Å². The number of hydrogen-bond acceptors (Lipinski definition) is 6. The Labute approximate surface area is 409 Å². The average Bonchev–Trinajstić information content (AvgIpc) is 3.22. The number of carboxylic acid groups (broad SMARTS) is 3. The first-order valence-electron chi connectivity index (χ1n) is 25.9. The summed E-state index contributed by atoms with van der Waals surface area (Å²) in [7, 11) is 0. The molecule has 0 saturated carbocycles. The number of carbonyl (C=O) groups is 3. The first kappa shape index (κ1) is 66.5. The fourth-order valence-electron chi connectivity index (χ4n) is 7.02. The van der Waals surface area contributed by atoms with Gasteiger partial charge in [-0.2, -0.15) is 0 Å². The van der Waals surface area contributed by atoms with Crippen LogP contribution in [-0.4, -0.2) is 17.9 Å². The number of rotatable bonds is 45. The van der Waals surface area contributed by atoms with Crippen LogP contribution in [0.3, 0.4) is 0 Å². The van der Waals surface area contributed by atoms with Crippen molar-refractivity contribution in [1.82, 2.24) is 0 Å². The van der Waals surface area contributed by atoms with Crippen LogP contribution in [-0.2, 0) is 14.4 Å². The van der Waals surface area contributed by atoms with Crippen LogP contribution in [0.25, 0.3) is 0 Å². The Balaban J connectivity index is -0.000000396. The maximum atomic E-state index is 10.2. The van der Waals surface area contributed by atoms with E-state index in [-0.39, 0.29) is 56.6 Å². The quantitative estimate of drug-likeness (QED) is 0.0442. The molecule has 61 heavy (non-hydrogen) atoms. The van der Waals surface area contributed by atoms with Crippen molar-refractivity contribution in [3.05, 3.63) is 36.5 Å². The van der Waals surface area contributed by atoms with Gasteiger partial charge in [0.15, 0.2) is 0 Å². The zero-order chi connectivity index (χ0) is 44.7. The Morgan fingerprint density at radius 3 is 0.574 bits per heavy atom. The smallest absolute Gasteiger partial charge is 0.550 e. The van der Waals surface area contributed by atoms with Gasteiger partial charge in [-0.05, 0) is 116 Å². The van der Waals surface area contributed by atoms with Crippen molar-refractivity contribution in [2.75, 3.05) is 0 Å². The van der Waals surface area contributed by atoms with Gasteiger partial charge in [-0.25, -0.2) is 0 Å². The van der Waals surface area contributed by atoms with Crippen LogP contribution in [0, 0.1) is 37.3 Å². The van der Waals surface area contributed by atoms with E-state index in [1.807, 2.05) is 0 Å². The minimum atomic E-state index is -0.911. The van der Waals surface area contributed by atoms with E-state index in [2.05, 4.69) is 57.2 Å². The predicted octanol–water partition coefficient (Wildman–Crippen LogP) is 14.3. The topological polar surface area (TPSA) is 120 Å². The molecule has 0 heterocycles. The van der Waals surface area contributed by atoms with Gasteiger partial charge in [-0.15, -0.1) is 0 Å². The van der Waals surface area contributed by atoms with Gasteiger partial charge in [0.2, 0.25) is 0 Å². The summed E-state index contributed by atoms with van der Waals surface area (Å²) in [6, 6.07) is 0. The van der Waals surface area contributed by atoms with E-state index < -0.39 is 17.9 Å². The molecule has 0 fully saturated rings. The van der Waals surface area contributed by atoms with Crippen molar-refractivity contribution < 1.29 is 67.0 Å². The number of allylic oxidation sites excluding steroid dienone is 6. The van der Waals surface area contributed by atoms with Crippen LogP contribution in [0.5, 0.6) is 0 Å². The van der Waals surface area contributed by atoms with Crippen molar-refractivity contribution >= 4 is 17.9 Å². The molecule has 0 aliphatic rings. The standard InChI is InChI=1S/3C18H34O2.Er/c3*1-2-3-4-5-6-7-8-9-10-11-12-13-14-15-16-17-18(19)20;/h3*7-8H,2-6,9-17H2,1H3,(H,19,20);/q;;;+3/p-3/b3*8-7-;. The summed E-state index contributed by atoms with van der Waals surface area (Å²) >= 11 is 0. The maximum Gasteiger partial charge on any atom is 3.00 e. The molecule has 0 rings (SSSR count). The van der Waals surface area contributed by atoms with Crippen LogP contribution < -0.4 is 15.3 Å². The van der Waals surface area contributed by atoms with E-state index in [1.165, 1.54) is 212 Å². The van der Waals surface area contributed by atoms with Crippen molar-refractivity contribution in [2.24, 2.45) is 0 Å². The third-order valence-electron chi connectivity index (χ3n) is 10.9. The Morgan fingerprint density at radius 2 is 0.410 bits per heavy atom. The molecular formula is C54H99ErO6. The number of aliphatic carboxylic acids is 3. The van der Waals surface area contributed by atoms with Crippen LogP contribution in [0.15, 0.2) is 36.5 Å². The zero-order valence-electron chi connectivity index (χ0n) is 40.4. The summed E-state index contributed by atoms with van der Waals surface area (Å²) in [5.74, 6) is -2.73. The summed E-state index contributed by atoms with van der Waals surface area (Å²) in [6.07, 6.45) is 62.7. The molecule has 0 unspecified atom stereocenters. The normalized spacial score (nSPS) is 11.1. The van der Waals surface area contributed by atoms with Crippen LogP contribution >= 0.6 is 0 Å². The zero-order valence-corrected chi connectivity index (χ0v) is 42.3. The average molecular weight is 1010 g/mol. The molecule has 0 atom stereocenters. The van der Waals surface area contributed by atoms with Crippen molar-refractivity contribution in [3.8, 4) is 0 Å². The molecule has 1 radical (unpaired) electrons. The SMILES string of the molecule is CCCCCC/C=C\CCCCCCCCCC(=O)[O-].CCCCCC/C=C\CCCCCCCCCC(=O)[O-].CCCCCC/C=C\CCCCCCCCCC(=O)[O-].[Er+3]. The second kappa shape index (κ2) is 63.2. The monoisotopic (exact) mass is 1010 g/mol. The molecule has 0 aliphatic carbocycles. The Hall–Kier alpha value is -1.12. The molecule has 6 nitrogen and oxygen atoms in total. The number of unbranched alkanes of at least 4 members (excludes halogenated alkanes) is 33. The first-order valence-corrected chi connectivity index (χ1v) is 25.9. The van der Waals surface area contributed by atoms with Gasteiger partial charge < -0.3 is 29.7 Å². The van der Waals surface area contributed by atoms with E-state index >= 15 is 0 Å². The van der Waals surface area contributed by atoms with Gasteiger partial charge in [0.1, 0.15) is 0 Å². The van der Waals surface area contributed by atoms with Crippen LogP contribution in [0.4, 0.5) is 0 Å². The van der Waals surface area contributed by atoms with Crippen LogP contribution in [0.2, 0.25) is 0 Å². The molecule has 0 bridgehead atoms. The second-order valence-electron chi connectivity index (χ2n) is 17.1. The summed E-state index contributed by atoms with van der Waals surface area (Å²) < 4.78 is 0. The molecule has 363 valence electrons. The minimum Gasteiger partial charge on any atom is -0.550 e. The Kier molecular flexibility index (Phi) is 68.8. The van der Waals surface area contributed by atoms with Gasteiger partial charge in [-0.1, -0.05) is 211 Å². The van der Waals surface area contributed by atoms with E-state index in [1.54, 1.807) is 0 Å². The summed E-state index contributed by atoms with van der Waals surface area (Å²) in [4.78, 5) is 30.6. The fourth-order valence-corrected chi connectivity index (χ4v) is 7.02. The number of hydrogen-bond donors (Lipinski definition) is 0. The van der Waals surface area contributed by atoms with Crippen molar-refractivity contribution in [3.63, 3.8) is 0 Å². The molecule has 0 aromatic rings. The predicted molar refractivity (Wildman–Crippen MR) is 253 cm³/mol. The minimum absolute atomic E-state index is 0. The Bertz CT molecular complexity index is 827. The van der Waals surface area contributed by atoms with Crippen molar-refractivity contribution in [1.29, 1.82) is 0 Å². The van der Waals surface area contributed by atoms with E-state index in [9.17, 15) is 29.7 Å². The van der Waals surface area contributed by atoms with Crippen molar-refractivity contribution in [2.45, 2.75) is 290 Å². The third-order valence-corrected chi connectivity index (χ3v) is 10.9. The molecule has 0 aromatic heterocycles. The van der Waals surface area contributed by atoms with Gasteiger partial charge in [0.05, 0.1) is 0 Å². The molecule has 0 amide bonds. The number of carboxylic acids is 3. The third kappa shape index (κ3) is 76.6. The van der Waals surface area contributed by atoms with E-state index in [0.717, 1.165) is 38.5 Å². The van der Waals surface area contributed by atoms with E-state index in [0.29, 0.717) is 0 Å². The Morgan fingerprint density at radius 1 is 0.262 bits per heavy atom. The second-order valence-corrected chi connectivity index (χ2v) is 17.1. The van der Waals surface area contributed by atoms with E-state index in [4.69, 9.17) is 0 Å². The molecule has 7 heteroatoms. The number of carbonyl (C=O) groups excluding carboxylic acids is 3. The summed E-state index contributed by atoms with van der Waals surface area (Å²) in [6.45, 7) is 6.75. The largest absolute Gasteiger partial charge is 3.00 e. The van der Waals surface area contributed by atoms with Gasteiger partial charge >= 0.3 is 37.3 Å². The molecule has 0 N–H and O–H groups in total. The van der Waals surface area contributed by atoms with Gasteiger partial charge in [-0.3, -0.25) is 0 Å². The molecule has 0 aromatic carbocycles. The summed E-state index contributed by atoms with van der Waals surface area (Å²) in [5, 5.41) is 30.6. The summed E-state index contributed by atoms with van der Waals surface area (Å²) in [5.41, 5.74) is 0. The maximum absolute atomic E-state index is 10.2.